The molecular weight excluding hydrogens is 173 g/mol. The summed E-state index contributed by atoms with van der Waals surface area (Å²) in [5, 5.41) is 0. The molecule has 43 valence electrons. The Morgan fingerprint density at radius 1 is 1.38 bits per heavy atom. The zero-order valence-corrected chi connectivity index (χ0v) is 8.24. The van der Waals surface area contributed by atoms with Gasteiger partial charge in [0.1, 0.15) is 0 Å². The molecule has 0 fully saturated rings. The van der Waals surface area contributed by atoms with Crippen molar-refractivity contribution in [2.45, 2.75) is 32.6 Å². The Labute approximate surface area is 76.6 Å². The van der Waals surface area contributed by atoms with E-state index in [0.29, 0.717) is 0 Å². The second-order valence-corrected chi connectivity index (χ2v) is 2.16. The van der Waals surface area contributed by atoms with Crippen molar-refractivity contribution in [2.75, 3.05) is 0 Å². The van der Waals surface area contributed by atoms with Gasteiger partial charge in [-0.25, -0.2) is 0 Å². The fraction of sp³-hybridized carbons (Fsp3) is 0.714. The van der Waals surface area contributed by atoms with Gasteiger partial charge in [0.2, 0.25) is 0 Å². The first-order valence-electron chi connectivity index (χ1n) is 2.96. The average molecular weight is 184 g/mol. The molecule has 1 radical (unpaired) electrons. The van der Waals surface area contributed by atoms with Crippen LogP contribution in [0.3, 0.4) is 0 Å². The van der Waals surface area contributed by atoms with Gasteiger partial charge >= 0.3 is 0 Å². The molecule has 8 heavy (non-hydrogen) atoms. The molecule has 1 rings (SSSR count). The monoisotopic (exact) mass is 184 g/mol. The van der Waals surface area contributed by atoms with E-state index in [1.54, 1.807) is 0 Å². The van der Waals surface area contributed by atoms with Crippen LogP contribution in [0.5, 0.6) is 0 Å². The third-order valence-electron chi connectivity index (χ3n) is 1.41. The number of hydrogen-bond acceptors (Lipinski definition) is 0. The Kier molecular flexibility index (Phi) is 5.19. The Morgan fingerprint density at radius 3 is 2.38 bits per heavy atom. The average Bonchev–Trinajstić information content (AvgIpc) is 1.69. The fourth-order valence-corrected chi connectivity index (χ4v) is 0.905. The molecule has 0 aromatic carbocycles. The van der Waals surface area contributed by atoms with Crippen LogP contribution in [-0.4, -0.2) is 0 Å². The van der Waals surface area contributed by atoms with E-state index in [9.17, 15) is 0 Å². The van der Waals surface area contributed by atoms with Crippen LogP contribution >= 0.6 is 0 Å². The van der Waals surface area contributed by atoms with Gasteiger partial charge in [-0.05, 0) is 0 Å². The van der Waals surface area contributed by atoms with Crippen molar-refractivity contribution in [2.24, 2.45) is 0 Å². The van der Waals surface area contributed by atoms with Gasteiger partial charge in [0.25, 0.3) is 0 Å². The summed E-state index contributed by atoms with van der Waals surface area (Å²) in [7, 11) is 0. The van der Waals surface area contributed by atoms with Crippen LogP contribution in [0.2, 0.25) is 0 Å². The smallest absolute Gasteiger partial charge is 0 e. The second kappa shape index (κ2) is 4.70. The maximum atomic E-state index is 3.30. The maximum absolute atomic E-state index is 3.30. The van der Waals surface area contributed by atoms with Crippen LogP contribution in [0, 0.1) is 6.08 Å². The van der Waals surface area contributed by atoms with Gasteiger partial charge in [0.15, 0.2) is 0 Å². The van der Waals surface area contributed by atoms with Crippen LogP contribution in [0.1, 0.15) is 32.6 Å². The zero-order chi connectivity index (χ0) is 5.11. The first-order valence-corrected chi connectivity index (χ1v) is 2.96. The van der Waals surface area contributed by atoms with E-state index in [1.165, 1.54) is 31.3 Å². The minimum atomic E-state index is 0. The van der Waals surface area contributed by atoms with Crippen molar-refractivity contribution < 1.29 is 32.7 Å². The summed E-state index contributed by atoms with van der Waals surface area (Å²) in [6.07, 6.45) is 8.54. The topological polar surface area (TPSA) is 0 Å². The fourth-order valence-electron chi connectivity index (χ4n) is 0.905. The van der Waals surface area contributed by atoms with E-state index in [0.717, 1.165) is 0 Å². The van der Waals surface area contributed by atoms with Gasteiger partial charge in [-0.3, -0.25) is 5.57 Å². The number of hydrogen-bond donors (Lipinski definition) is 0. The number of allylic oxidation sites excluding steroid dienone is 2. The van der Waals surface area contributed by atoms with Crippen molar-refractivity contribution in [3.05, 3.63) is 11.6 Å². The Morgan fingerprint density at radius 2 is 2.12 bits per heavy atom. The summed E-state index contributed by atoms with van der Waals surface area (Å²) in [5.41, 5.74) is 1.46. The molecule has 0 bridgehead atoms. The first-order chi connectivity index (χ1) is 3.39. The molecule has 0 amide bonds. The summed E-state index contributed by atoms with van der Waals surface area (Å²) in [4.78, 5) is 0. The summed E-state index contributed by atoms with van der Waals surface area (Å²) >= 11 is 0. The molecule has 0 nitrogen and oxygen atoms in total. The summed E-state index contributed by atoms with van der Waals surface area (Å²) < 4.78 is 0. The van der Waals surface area contributed by atoms with Gasteiger partial charge in [-0.1, -0.05) is 26.2 Å². The molecule has 1 heteroatoms. The van der Waals surface area contributed by atoms with Crippen molar-refractivity contribution in [3.8, 4) is 0 Å². The molecule has 1 aliphatic rings. The normalized spacial score (nSPS) is 18.9. The molecule has 0 heterocycles. The largest absolute Gasteiger partial charge is 0.497 e. The molecule has 0 saturated carbocycles. The van der Waals surface area contributed by atoms with E-state index < -0.39 is 0 Å². The molecule has 0 aliphatic heterocycles. The second-order valence-electron chi connectivity index (χ2n) is 2.16. The standard InChI is InChI=1S/C7H11.Y/c1-7-5-3-2-4-6-7;/h2-5H2,1H3;/q-1;. The van der Waals surface area contributed by atoms with Crippen molar-refractivity contribution in [3.63, 3.8) is 0 Å². The molecule has 0 spiro atoms. The van der Waals surface area contributed by atoms with Crippen LogP contribution < -0.4 is 0 Å². The summed E-state index contributed by atoms with van der Waals surface area (Å²) in [6, 6.07) is 0. The predicted octanol–water partition coefficient (Wildman–Crippen LogP) is 2.31. The van der Waals surface area contributed by atoms with E-state index in [1.807, 2.05) is 0 Å². The van der Waals surface area contributed by atoms with Crippen LogP contribution in [0.25, 0.3) is 0 Å². The Bertz CT molecular complexity index is 84.4. The Hall–Kier alpha value is 0.844. The predicted molar refractivity (Wildman–Crippen MR) is 30.9 cm³/mol. The van der Waals surface area contributed by atoms with Crippen LogP contribution in [0.15, 0.2) is 5.57 Å². The summed E-state index contributed by atoms with van der Waals surface area (Å²) in [5.74, 6) is 0. The molecular formula is C7H11Y-. The SMILES string of the molecule is CC1=[C-]CCCC1.[Y]. The van der Waals surface area contributed by atoms with E-state index in [2.05, 4.69) is 13.0 Å². The van der Waals surface area contributed by atoms with Crippen LogP contribution in [0.4, 0.5) is 0 Å². The van der Waals surface area contributed by atoms with E-state index in [4.69, 9.17) is 0 Å². The van der Waals surface area contributed by atoms with Crippen molar-refractivity contribution in [1.29, 1.82) is 0 Å². The molecule has 0 N–H and O–H groups in total. The minimum Gasteiger partial charge on any atom is -0.497 e. The number of rotatable bonds is 0. The van der Waals surface area contributed by atoms with Gasteiger partial charge in [-0.15, -0.1) is 0 Å². The molecule has 0 atom stereocenters. The summed E-state index contributed by atoms with van der Waals surface area (Å²) in [6.45, 7) is 2.17. The van der Waals surface area contributed by atoms with Crippen molar-refractivity contribution >= 4 is 0 Å². The third-order valence-corrected chi connectivity index (χ3v) is 1.41. The molecule has 0 aromatic heterocycles. The van der Waals surface area contributed by atoms with E-state index in [-0.39, 0.29) is 32.7 Å². The quantitative estimate of drug-likeness (QED) is 0.506. The molecule has 1 aliphatic carbocycles. The van der Waals surface area contributed by atoms with Gasteiger partial charge < -0.3 is 6.08 Å². The third kappa shape index (κ3) is 2.99. The molecule has 0 unspecified atom stereocenters. The van der Waals surface area contributed by atoms with E-state index >= 15 is 0 Å². The maximum Gasteiger partial charge on any atom is 0 e. The van der Waals surface area contributed by atoms with Crippen LogP contribution in [-0.2, 0) is 32.7 Å². The van der Waals surface area contributed by atoms with Gasteiger partial charge in [-0.2, -0.15) is 6.42 Å². The van der Waals surface area contributed by atoms with Gasteiger partial charge in [0.05, 0.1) is 0 Å². The first kappa shape index (κ1) is 8.84. The van der Waals surface area contributed by atoms with Crippen molar-refractivity contribution in [1.82, 2.24) is 0 Å². The Balaban J connectivity index is 0.000000490. The van der Waals surface area contributed by atoms with Gasteiger partial charge in [0, 0.05) is 32.7 Å². The molecule has 0 saturated heterocycles. The minimum absolute atomic E-state index is 0. The zero-order valence-electron chi connectivity index (χ0n) is 5.41. The molecule has 0 aromatic rings.